The Hall–Kier alpha value is -2.83. The largest absolute Gasteiger partial charge is 0.472 e. The van der Waals surface area contributed by atoms with Crippen molar-refractivity contribution >= 4 is 5.91 Å². The van der Waals surface area contributed by atoms with Gasteiger partial charge in [0.05, 0.1) is 36.5 Å². The number of rotatable bonds is 5. The molecule has 0 saturated heterocycles. The number of furan rings is 1. The maximum Gasteiger partial charge on any atom is 0.255 e. The van der Waals surface area contributed by atoms with E-state index in [1.54, 1.807) is 28.1 Å². The molecule has 23 heavy (non-hydrogen) atoms. The van der Waals surface area contributed by atoms with Gasteiger partial charge in [0.15, 0.2) is 0 Å². The van der Waals surface area contributed by atoms with E-state index in [0.29, 0.717) is 18.7 Å². The third-order valence-electron chi connectivity index (χ3n) is 3.85. The molecule has 0 unspecified atom stereocenters. The van der Waals surface area contributed by atoms with Crippen LogP contribution in [0, 0.1) is 13.8 Å². The lowest BCUT2D eigenvalue weighted by atomic mass is 10.2. The molecule has 0 aromatic carbocycles. The Morgan fingerprint density at radius 3 is 2.83 bits per heavy atom. The molecule has 0 fully saturated rings. The van der Waals surface area contributed by atoms with Crippen molar-refractivity contribution in [2.45, 2.75) is 20.4 Å². The van der Waals surface area contributed by atoms with Crippen molar-refractivity contribution < 1.29 is 9.21 Å². The van der Waals surface area contributed by atoms with Gasteiger partial charge < -0.3 is 9.73 Å². The summed E-state index contributed by atoms with van der Waals surface area (Å²) in [6.07, 6.45) is 7.02. The summed E-state index contributed by atoms with van der Waals surface area (Å²) in [5.41, 5.74) is 4.23. The molecule has 0 aliphatic heterocycles. The predicted molar refractivity (Wildman–Crippen MR) is 84.9 cm³/mol. The van der Waals surface area contributed by atoms with E-state index < -0.39 is 0 Å². The summed E-state index contributed by atoms with van der Waals surface area (Å²) in [4.78, 5) is 12.3. The zero-order chi connectivity index (χ0) is 16.4. The highest BCUT2D eigenvalue weighted by Gasteiger charge is 2.16. The highest BCUT2D eigenvalue weighted by atomic mass is 16.3. The predicted octanol–water partition coefficient (Wildman–Crippen LogP) is 1.92. The van der Waals surface area contributed by atoms with Gasteiger partial charge in [-0.1, -0.05) is 0 Å². The minimum absolute atomic E-state index is 0.102. The average Bonchev–Trinajstić information content (AvgIpc) is 3.21. The molecule has 0 spiro atoms. The molecule has 0 radical (unpaired) electrons. The minimum atomic E-state index is -0.102. The number of hydrogen-bond donors (Lipinski definition) is 1. The molecule has 0 aliphatic carbocycles. The highest BCUT2D eigenvalue weighted by molar-refractivity contribution is 5.96. The first-order valence-electron chi connectivity index (χ1n) is 7.39. The molecular weight excluding hydrogens is 294 g/mol. The van der Waals surface area contributed by atoms with Crippen LogP contribution in [0.1, 0.15) is 21.7 Å². The lowest BCUT2D eigenvalue weighted by molar-refractivity contribution is 0.0950. The molecular formula is C16H19N5O2. The van der Waals surface area contributed by atoms with Crippen molar-refractivity contribution in [1.29, 1.82) is 0 Å². The summed E-state index contributed by atoms with van der Waals surface area (Å²) in [6, 6.07) is 1.89. The van der Waals surface area contributed by atoms with Crippen LogP contribution in [0.15, 0.2) is 35.4 Å². The van der Waals surface area contributed by atoms with Crippen molar-refractivity contribution in [3.63, 3.8) is 0 Å². The maximum absolute atomic E-state index is 12.3. The second kappa shape index (κ2) is 6.12. The van der Waals surface area contributed by atoms with Gasteiger partial charge in [0, 0.05) is 36.6 Å². The number of carbonyl (C=O) groups excluding carboxylic acids is 1. The smallest absolute Gasteiger partial charge is 0.255 e. The van der Waals surface area contributed by atoms with Gasteiger partial charge in [0.1, 0.15) is 0 Å². The summed E-state index contributed by atoms with van der Waals surface area (Å²) in [5.74, 6) is -0.102. The van der Waals surface area contributed by atoms with E-state index in [2.05, 4.69) is 15.5 Å². The van der Waals surface area contributed by atoms with E-state index in [9.17, 15) is 4.79 Å². The molecule has 3 rings (SSSR count). The van der Waals surface area contributed by atoms with Crippen LogP contribution in [0.5, 0.6) is 0 Å². The third-order valence-corrected chi connectivity index (χ3v) is 3.85. The number of nitrogens with zero attached hydrogens (tertiary/aromatic N) is 4. The van der Waals surface area contributed by atoms with Crippen molar-refractivity contribution in [2.24, 2.45) is 7.05 Å². The summed E-state index contributed by atoms with van der Waals surface area (Å²) in [6.45, 7) is 4.83. The van der Waals surface area contributed by atoms with Gasteiger partial charge in [-0.15, -0.1) is 0 Å². The van der Waals surface area contributed by atoms with Gasteiger partial charge in [0.25, 0.3) is 5.91 Å². The minimum Gasteiger partial charge on any atom is -0.472 e. The lowest BCUT2D eigenvalue weighted by Gasteiger charge is -2.06. The Morgan fingerprint density at radius 2 is 2.17 bits per heavy atom. The second-order valence-corrected chi connectivity index (χ2v) is 5.43. The first-order chi connectivity index (χ1) is 11.1. The van der Waals surface area contributed by atoms with Crippen LogP contribution < -0.4 is 5.32 Å². The molecule has 0 atom stereocenters. The second-order valence-electron chi connectivity index (χ2n) is 5.43. The molecule has 0 aliphatic rings. The molecule has 7 nitrogen and oxygen atoms in total. The van der Waals surface area contributed by atoms with Crippen LogP contribution in [0.25, 0.3) is 11.1 Å². The topological polar surface area (TPSA) is 77.9 Å². The Bertz CT molecular complexity index is 814. The van der Waals surface area contributed by atoms with Gasteiger partial charge in [-0.25, -0.2) is 0 Å². The SMILES string of the molecule is Cc1nn(C)c(C)c1C(=O)NCCn1cc(-c2ccoc2)cn1. The van der Waals surface area contributed by atoms with E-state index in [0.717, 1.165) is 22.5 Å². The lowest BCUT2D eigenvalue weighted by Crippen LogP contribution is -2.28. The van der Waals surface area contributed by atoms with Crippen LogP contribution in [-0.2, 0) is 13.6 Å². The Balaban J connectivity index is 1.58. The molecule has 7 heteroatoms. The molecule has 0 saturated carbocycles. The maximum atomic E-state index is 12.3. The molecule has 3 aromatic heterocycles. The van der Waals surface area contributed by atoms with E-state index >= 15 is 0 Å². The van der Waals surface area contributed by atoms with Crippen LogP contribution in [-0.4, -0.2) is 32.0 Å². The van der Waals surface area contributed by atoms with E-state index in [4.69, 9.17) is 4.42 Å². The molecule has 3 aromatic rings. The van der Waals surface area contributed by atoms with Crippen LogP contribution >= 0.6 is 0 Å². The Labute approximate surface area is 133 Å². The number of nitrogens with one attached hydrogen (secondary N) is 1. The first kappa shape index (κ1) is 15.1. The molecule has 3 heterocycles. The number of carbonyl (C=O) groups is 1. The number of aromatic nitrogens is 4. The third kappa shape index (κ3) is 3.03. The standard InChI is InChI=1S/C16H19N5O2/c1-11-15(12(2)20(3)19-11)16(22)17-5-6-21-9-14(8-18-21)13-4-7-23-10-13/h4,7-10H,5-6H2,1-3H3,(H,17,22). The van der Waals surface area contributed by atoms with Crippen LogP contribution in [0.3, 0.4) is 0 Å². The quantitative estimate of drug-likeness (QED) is 0.780. The van der Waals surface area contributed by atoms with E-state index in [1.165, 1.54) is 0 Å². The summed E-state index contributed by atoms with van der Waals surface area (Å²) >= 11 is 0. The van der Waals surface area contributed by atoms with Crippen molar-refractivity contribution in [2.75, 3.05) is 6.54 Å². The highest BCUT2D eigenvalue weighted by Crippen LogP contribution is 2.18. The summed E-state index contributed by atoms with van der Waals surface area (Å²) in [5, 5.41) is 11.5. The monoisotopic (exact) mass is 313 g/mol. The molecule has 120 valence electrons. The average molecular weight is 313 g/mol. The van der Waals surface area contributed by atoms with Crippen molar-refractivity contribution in [3.05, 3.63) is 47.9 Å². The fraction of sp³-hybridized carbons (Fsp3) is 0.312. The van der Waals surface area contributed by atoms with Gasteiger partial charge in [-0.05, 0) is 19.9 Å². The van der Waals surface area contributed by atoms with Gasteiger partial charge in [-0.3, -0.25) is 14.2 Å². The summed E-state index contributed by atoms with van der Waals surface area (Å²) < 4.78 is 8.58. The van der Waals surface area contributed by atoms with Gasteiger partial charge >= 0.3 is 0 Å². The first-order valence-corrected chi connectivity index (χ1v) is 7.39. The number of hydrogen-bond acceptors (Lipinski definition) is 4. The molecule has 1 N–H and O–H groups in total. The van der Waals surface area contributed by atoms with Crippen molar-refractivity contribution in [3.8, 4) is 11.1 Å². The fourth-order valence-electron chi connectivity index (χ4n) is 2.54. The zero-order valence-corrected chi connectivity index (χ0v) is 13.4. The van der Waals surface area contributed by atoms with E-state index in [1.807, 2.05) is 33.2 Å². The van der Waals surface area contributed by atoms with E-state index in [-0.39, 0.29) is 5.91 Å². The Morgan fingerprint density at radius 1 is 1.35 bits per heavy atom. The number of aryl methyl sites for hydroxylation is 2. The zero-order valence-electron chi connectivity index (χ0n) is 13.4. The normalized spacial score (nSPS) is 10.9. The fourth-order valence-corrected chi connectivity index (χ4v) is 2.54. The molecule has 1 amide bonds. The Kier molecular flexibility index (Phi) is 4.01. The molecule has 0 bridgehead atoms. The van der Waals surface area contributed by atoms with Gasteiger partial charge in [-0.2, -0.15) is 10.2 Å². The van der Waals surface area contributed by atoms with Crippen molar-refractivity contribution in [1.82, 2.24) is 24.9 Å². The summed E-state index contributed by atoms with van der Waals surface area (Å²) in [7, 11) is 1.83. The number of amides is 1. The van der Waals surface area contributed by atoms with Gasteiger partial charge in [0.2, 0.25) is 0 Å². The van der Waals surface area contributed by atoms with Crippen LogP contribution in [0.4, 0.5) is 0 Å². The van der Waals surface area contributed by atoms with Crippen LogP contribution in [0.2, 0.25) is 0 Å².